The minimum absolute atomic E-state index is 0.0925. The number of nitrogens with one attached hydrogen (secondary N) is 1. The molecular weight excluding hydrogens is 374 g/mol. The SMILES string of the molecule is C=C(/N=C(\C=C(N)N)Cc1ccccc1)NCCc1ccc(S(N)(=O)=O)cc1. The maximum absolute atomic E-state index is 11.3. The summed E-state index contributed by atoms with van der Waals surface area (Å²) in [5.41, 5.74) is 13.9. The fraction of sp³-hybridized carbons (Fsp3) is 0.150. The van der Waals surface area contributed by atoms with Gasteiger partial charge < -0.3 is 16.8 Å². The van der Waals surface area contributed by atoms with Crippen LogP contribution in [0.15, 0.2) is 88.8 Å². The van der Waals surface area contributed by atoms with E-state index in [0.717, 1.165) is 11.1 Å². The van der Waals surface area contributed by atoms with E-state index in [0.29, 0.717) is 30.9 Å². The smallest absolute Gasteiger partial charge is 0.238 e. The van der Waals surface area contributed by atoms with Gasteiger partial charge in [-0.3, -0.25) is 0 Å². The summed E-state index contributed by atoms with van der Waals surface area (Å²) < 4.78 is 22.5. The van der Waals surface area contributed by atoms with E-state index in [1.807, 2.05) is 30.3 Å². The third-order valence-electron chi connectivity index (χ3n) is 3.83. The van der Waals surface area contributed by atoms with Gasteiger partial charge in [-0.1, -0.05) is 49.0 Å². The van der Waals surface area contributed by atoms with Crippen molar-refractivity contribution in [3.05, 3.63) is 90.0 Å². The van der Waals surface area contributed by atoms with Crippen LogP contribution in [0.25, 0.3) is 0 Å². The van der Waals surface area contributed by atoms with Crippen molar-refractivity contribution in [2.45, 2.75) is 17.7 Å². The van der Waals surface area contributed by atoms with Gasteiger partial charge in [0.1, 0.15) is 5.82 Å². The van der Waals surface area contributed by atoms with Crippen molar-refractivity contribution in [2.75, 3.05) is 6.54 Å². The summed E-state index contributed by atoms with van der Waals surface area (Å²) in [7, 11) is -3.68. The molecule has 0 amide bonds. The number of nitrogens with zero attached hydrogens (tertiary/aromatic N) is 1. The number of benzene rings is 2. The van der Waals surface area contributed by atoms with Crippen LogP contribution < -0.4 is 21.9 Å². The highest BCUT2D eigenvalue weighted by molar-refractivity contribution is 7.89. The first-order chi connectivity index (χ1) is 13.2. The third kappa shape index (κ3) is 7.26. The lowest BCUT2D eigenvalue weighted by Gasteiger charge is -2.09. The highest BCUT2D eigenvalue weighted by Gasteiger charge is 2.06. The molecule has 7 N–H and O–H groups in total. The van der Waals surface area contributed by atoms with Crippen LogP contribution in [0.3, 0.4) is 0 Å². The van der Waals surface area contributed by atoms with Gasteiger partial charge >= 0.3 is 0 Å². The first-order valence-electron chi connectivity index (χ1n) is 8.62. The summed E-state index contributed by atoms with van der Waals surface area (Å²) in [6.45, 7) is 4.50. The van der Waals surface area contributed by atoms with Crippen LogP contribution in [0.5, 0.6) is 0 Å². The molecule has 0 heterocycles. The number of hydrogen-bond acceptors (Lipinski definition) is 6. The molecule has 0 atom stereocenters. The van der Waals surface area contributed by atoms with Gasteiger partial charge in [-0.15, -0.1) is 0 Å². The molecule has 0 spiro atoms. The van der Waals surface area contributed by atoms with E-state index in [-0.39, 0.29) is 10.7 Å². The van der Waals surface area contributed by atoms with Gasteiger partial charge in [0.2, 0.25) is 10.0 Å². The first-order valence-corrected chi connectivity index (χ1v) is 10.2. The Hall–Kier alpha value is -3.10. The fourth-order valence-corrected chi connectivity index (χ4v) is 3.05. The van der Waals surface area contributed by atoms with Crippen LogP contribution in [0, 0.1) is 0 Å². The van der Waals surface area contributed by atoms with E-state index in [1.165, 1.54) is 12.1 Å². The molecule has 0 aromatic heterocycles. The second kappa shape index (κ2) is 9.72. The molecule has 148 valence electrons. The summed E-state index contributed by atoms with van der Waals surface area (Å²) in [5, 5.41) is 8.22. The lowest BCUT2D eigenvalue weighted by molar-refractivity contribution is 0.598. The Morgan fingerprint density at radius 3 is 2.25 bits per heavy atom. The Labute approximate surface area is 165 Å². The molecule has 0 saturated heterocycles. The standard InChI is InChI=1S/C20H25N5O2S/c1-15(24-12-11-16-7-9-19(10-8-16)28(23,26)27)25-18(14-20(21)22)13-17-5-3-2-4-6-17/h2-10,14,24H,1,11-13,21-22H2,(H2,23,26,27)/b25-18-. The van der Waals surface area contributed by atoms with E-state index < -0.39 is 10.0 Å². The van der Waals surface area contributed by atoms with E-state index >= 15 is 0 Å². The third-order valence-corrected chi connectivity index (χ3v) is 4.76. The number of aliphatic imine (C=N–C) groups is 1. The molecule has 2 rings (SSSR count). The first kappa shape index (κ1) is 21.2. The Morgan fingerprint density at radius 2 is 1.68 bits per heavy atom. The molecule has 0 aliphatic carbocycles. The Balaban J connectivity index is 1.95. The topological polar surface area (TPSA) is 137 Å². The zero-order valence-corrected chi connectivity index (χ0v) is 16.3. The van der Waals surface area contributed by atoms with Crippen molar-refractivity contribution in [1.82, 2.24) is 5.32 Å². The molecule has 0 saturated carbocycles. The average molecular weight is 400 g/mol. The van der Waals surface area contributed by atoms with Crippen LogP contribution in [0.4, 0.5) is 0 Å². The Bertz CT molecular complexity index is 961. The van der Waals surface area contributed by atoms with Crippen LogP contribution in [0.2, 0.25) is 0 Å². The second-order valence-corrected chi connectivity index (χ2v) is 7.78. The molecule has 2 aromatic rings. The number of sulfonamides is 1. The zero-order valence-electron chi connectivity index (χ0n) is 15.5. The summed E-state index contributed by atoms with van der Waals surface area (Å²) in [6, 6.07) is 16.3. The average Bonchev–Trinajstić information content (AvgIpc) is 2.61. The molecule has 0 unspecified atom stereocenters. The fourth-order valence-electron chi connectivity index (χ4n) is 2.53. The lowest BCUT2D eigenvalue weighted by Crippen LogP contribution is -2.17. The molecule has 7 nitrogen and oxygen atoms in total. The van der Waals surface area contributed by atoms with Crippen molar-refractivity contribution < 1.29 is 8.42 Å². The van der Waals surface area contributed by atoms with Crippen molar-refractivity contribution >= 4 is 15.7 Å². The van der Waals surface area contributed by atoms with Gasteiger partial charge in [0.05, 0.1) is 16.4 Å². The molecule has 0 aliphatic rings. The largest absolute Gasteiger partial charge is 0.386 e. The van der Waals surface area contributed by atoms with Crippen molar-refractivity contribution in [3.63, 3.8) is 0 Å². The van der Waals surface area contributed by atoms with Crippen LogP contribution in [-0.4, -0.2) is 20.7 Å². The number of rotatable bonds is 9. The molecular formula is C20H25N5O2S. The van der Waals surface area contributed by atoms with Gasteiger partial charge in [0.15, 0.2) is 0 Å². The molecule has 0 fully saturated rings. The summed E-state index contributed by atoms with van der Waals surface area (Å²) >= 11 is 0. The Kier molecular flexibility index (Phi) is 7.36. The summed E-state index contributed by atoms with van der Waals surface area (Å²) in [5.74, 6) is 0.669. The molecule has 2 aromatic carbocycles. The van der Waals surface area contributed by atoms with Crippen molar-refractivity contribution in [3.8, 4) is 0 Å². The number of nitrogens with two attached hydrogens (primary N) is 3. The normalized spacial score (nSPS) is 11.7. The summed E-state index contributed by atoms with van der Waals surface area (Å²) in [6.07, 6.45) is 2.86. The van der Waals surface area contributed by atoms with Gasteiger partial charge in [-0.25, -0.2) is 18.5 Å². The van der Waals surface area contributed by atoms with Crippen LogP contribution in [-0.2, 0) is 22.9 Å². The number of allylic oxidation sites excluding steroid dienone is 1. The van der Waals surface area contributed by atoms with E-state index in [9.17, 15) is 8.42 Å². The molecule has 0 radical (unpaired) electrons. The molecule has 28 heavy (non-hydrogen) atoms. The Morgan fingerprint density at radius 1 is 1.04 bits per heavy atom. The zero-order chi connectivity index (χ0) is 20.6. The molecule has 0 aliphatic heterocycles. The lowest BCUT2D eigenvalue weighted by atomic mass is 10.1. The van der Waals surface area contributed by atoms with E-state index in [1.54, 1.807) is 18.2 Å². The van der Waals surface area contributed by atoms with E-state index in [4.69, 9.17) is 16.6 Å². The van der Waals surface area contributed by atoms with Gasteiger partial charge in [-0.05, 0) is 35.8 Å². The minimum atomic E-state index is -3.68. The maximum Gasteiger partial charge on any atom is 0.238 e. The highest BCUT2D eigenvalue weighted by atomic mass is 32.2. The quantitative estimate of drug-likeness (QED) is 0.472. The summed E-state index contributed by atoms with van der Waals surface area (Å²) in [4.78, 5) is 4.56. The number of primary sulfonamides is 1. The van der Waals surface area contributed by atoms with Crippen LogP contribution in [0.1, 0.15) is 11.1 Å². The van der Waals surface area contributed by atoms with Gasteiger partial charge in [-0.2, -0.15) is 0 Å². The number of hydrogen-bond donors (Lipinski definition) is 4. The van der Waals surface area contributed by atoms with Gasteiger partial charge in [0.25, 0.3) is 0 Å². The van der Waals surface area contributed by atoms with E-state index in [2.05, 4.69) is 16.9 Å². The molecule has 8 heteroatoms. The monoisotopic (exact) mass is 399 g/mol. The maximum atomic E-state index is 11.3. The van der Waals surface area contributed by atoms with Crippen LogP contribution >= 0.6 is 0 Å². The molecule has 0 bridgehead atoms. The minimum Gasteiger partial charge on any atom is -0.386 e. The second-order valence-electron chi connectivity index (χ2n) is 6.22. The van der Waals surface area contributed by atoms with Crippen molar-refractivity contribution in [1.29, 1.82) is 0 Å². The predicted molar refractivity (Wildman–Crippen MR) is 113 cm³/mol. The van der Waals surface area contributed by atoms with Gasteiger partial charge in [0, 0.05) is 13.0 Å². The highest BCUT2D eigenvalue weighted by Crippen LogP contribution is 2.09. The van der Waals surface area contributed by atoms with Crippen molar-refractivity contribution in [2.24, 2.45) is 21.6 Å². The predicted octanol–water partition coefficient (Wildman–Crippen LogP) is 1.38.